The lowest BCUT2D eigenvalue weighted by atomic mass is 10.2. The summed E-state index contributed by atoms with van der Waals surface area (Å²) in [6.07, 6.45) is 3.52. The van der Waals surface area contributed by atoms with Gasteiger partial charge >= 0.3 is 0 Å². The van der Waals surface area contributed by atoms with Gasteiger partial charge in [-0.2, -0.15) is 0 Å². The van der Waals surface area contributed by atoms with Crippen LogP contribution in [-0.2, 0) is 17.6 Å². The molecule has 0 aliphatic heterocycles. The van der Waals surface area contributed by atoms with Gasteiger partial charge in [-0.3, -0.25) is 0 Å². The maximum absolute atomic E-state index is 5.97. The van der Waals surface area contributed by atoms with E-state index in [9.17, 15) is 0 Å². The lowest BCUT2D eigenvalue weighted by Crippen LogP contribution is -2.09. The second kappa shape index (κ2) is 4.99. The first-order valence-electron chi connectivity index (χ1n) is 6.00. The zero-order chi connectivity index (χ0) is 12.5. The molecule has 0 atom stereocenters. The number of methoxy groups -OCH3 is 1. The van der Waals surface area contributed by atoms with Crippen LogP contribution in [0.3, 0.4) is 0 Å². The number of ether oxygens (including phenoxy) is 1. The third-order valence-corrected chi connectivity index (χ3v) is 4.49. The number of aromatic nitrogens is 2. The zero-order valence-electron chi connectivity index (χ0n) is 10.1. The number of thiophene rings is 1. The zero-order valence-corrected chi connectivity index (χ0v) is 11.7. The van der Waals surface area contributed by atoms with Gasteiger partial charge in [0.2, 0.25) is 5.28 Å². The molecule has 0 amide bonds. The molecule has 0 aromatic carbocycles. The van der Waals surface area contributed by atoms with E-state index in [0.29, 0.717) is 11.9 Å². The lowest BCUT2D eigenvalue weighted by Gasteiger charge is -2.07. The van der Waals surface area contributed by atoms with E-state index in [2.05, 4.69) is 15.3 Å². The standard InChI is InChI=1S/C12H14ClN3OS/c1-17-6-5-14-10-9-7-3-2-4-8(7)18-11(9)16-12(13)15-10/h2-6H2,1H3,(H,14,15,16). The maximum Gasteiger partial charge on any atom is 0.225 e. The third kappa shape index (κ3) is 2.06. The van der Waals surface area contributed by atoms with Gasteiger partial charge in [0, 0.05) is 18.5 Å². The number of hydrogen-bond donors (Lipinski definition) is 1. The van der Waals surface area contributed by atoms with Crippen molar-refractivity contribution in [3.63, 3.8) is 0 Å². The Labute approximate surface area is 114 Å². The van der Waals surface area contributed by atoms with E-state index in [1.54, 1.807) is 18.4 Å². The number of halogens is 1. The molecule has 18 heavy (non-hydrogen) atoms. The molecule has 0 spiro atoms. The molecule has 2 aromatic heterocycles. The summed E-state index contributed by atoms with van der Waals surface area (Å²) in [6, 6.07) is 0. The molecule has 0 saturated carbocycles. The van der Waals surface area contributed by atoms with Crippen molar-refractivity contribution in [1.29, 1.82) is 0 Å². The molecule has 0 unspecified atom stereocenters. The average Bonchev–Trinajstić information content (AvgIpc) is 2.88. The molecule has 0 saturated heterocycles. The minimum Gasteiger partial charge on any atom is -0.383 e. The topological polar surface area (TPSA) is 47.0 Å². The third-order valence-electron chi connectivity index (χ3n) is 3.14. The van der Waals surface area contributed by atoms with Gasteiger partial charge in [0.1, 0.15) is 10.6 Å². The van der Waals surface area contributed by atoms with Gasteiger partial charge in [-0.05, 0) is 36.4 Å². The van der Waals surface area contributed by atoms with E-state index in [4.69, 9.17) is 16.3 Å². The highest BCUT2D eigenvalue weighted by Gasteiger charge is 2.21. The number of anilines is 1. The van der Waals surface area contributed by atoms with Crippen LogP contribution in [0.4, 0.5) is 5.82 Å². The highest BCUT2D eigenvalue weighted by Crippen LogP contribution is 2.39. The summed E-state index contributed by atoms with van der Waals surface area (Å²) in [4.78, 5) is 11.1. The Hall–Kier alpha value is -0.910. The molecule has 4 nitrogen and oxygen atoms in total. The van der Waals surface area contributed by atoms with Crippen LogP contribution >= 0.6 is 22.9 Å². The quantitative estimate of drug-likeness (QED) is 0.692. The Kier molecular flexibility index (Phi) is 3.37. The van der Waals surface area contributed by atoms with Gasteiger partial charge in [0.25, 0.3) is 0 Å². The van der Waals surface area contributed by atoms with Crippen molar-refractivity contribution < 1.29 is 4.74 Å². The van der Waals surface area contributed by atoms with Crippen LogP contribution in [0.2, 0.25) is 5.28 Å². The molecule has 2 aromatic rings. The van der Waals surface area contributed by atoms with Gasteiger partial charge in [-0.25, -0.2) is 9.97 Å². The first kappa shape index (κ1) is 12.1. The molecule has 6 heteroatoms. The second-order valence-electron chi connectivity index (χ2n) is 4.30. The van der Waals surface area contributed by atoms with Gasteiger partial charge in [0.15, 0.2) is 0 Å². The molecular weight excluding hydrogens is 270 g/mol. The summed E-state index contributed by atoms with van der Waals surface area (Å²) >= 11 is 7.72. The van der Waals surface area contributed by atoms with Crippen LogP contribution < -0.4 is 5.32 Å². The fraction of sp³-hybridized carbons (Fsp3) is 0.500. The number of nitrogens with zero attached hydrogens (tertiary/aromatic N) is 2. The summed E-state index contributed by atoms with van der Waals surface area (Å²) < 4.78 is 5.04. The summed E-state index contributed by atoms with van der Waals surface area (Å²) in [7, 11) is 1.69. The van der Waals surface area contributed by atoms with Gasteiger partial charge in [-0.1, -0.05) is 0 Å². The van der Waals surface area contributed by atoms with Crippen LogP contribution in [0.25, 0.3) is 10.2 Å². The van der Waals surface area contributed by atoms with E-state index in [-0.39, 0.29) is 0 Å². The molecular formula is C12H14ClN3OS. The van der Waals surface area contributed by atoms with Crippen molar-refractivity contribution in [3.8, 4) is 0 Å². The number of aryl methyl sites for hydroxylation is 2. The van der Waals surface area contributed by atoms with Crippen LogP contribution in [-0.4, -0.2) is 30.2 Å². The Balaban J connectivity index is 2.05. The molecule has 1 N–H and O–H groups in total. The van der Waals surface area contributed by atoms with E-state index in [1.165, 1.54) is 16.9 Å². The SMILES string of the molecule is COCCNc1nc(Cl)nc2sc3c(c12)CCC3. The normalized spacial score (nSPS) is 14.1. The first-order valence-corrected chi connectivity index (χ1v) is 7.19. The van der Waals surface area contributed by atoms with Crippen LogP contribution in [0, 0.1) is 0 Å². The second-order valence-corrected chi connectivity index (χ2v) is 5.72. The van der Waals surface area contributed by atoms with Gasteiger partial charge < -0.3 is 10.1 Å². The molecule has 2 heterocycles. The molecule has 1 aliphatic carbocycles. The highest BCUT2D eigenvalue weighted by molar-refractivity contribution is 7.19. The Morgan fingerprint density at radius 2 is 2.28 bits per heavy atom. The predicted molar refractivity (Wildman–Crippen MR) is 74.8 cm³/mol. The summed E-state index contributed by atoms with van der Waals surface area (Å²) in [5, 5.41) is 4.76. The van der Waals surface area contributed by atoms with E-state index in [1.807, 2.05) is 0 Å². The number of rotatable bonds is 4. The molecule has 3 rings (SSSR count). The largest absolute Gasteiger partial charge is 0.383 e. The predicted octanol–water partition coefficient (Wildman–Crippen LogP) is 2.89. The summed E-state index contributed by atoms with van der Waals surface area (Å²) in [5.41, 5.74) is 1.41. The van der Waals surface area contributed by atoms with Crippen LogP contribution in [0.1, 0.15) is 16.9 Å². The number of nitrogens with one attached hydrogen (secondary N) is 1. The molecule has 96 valence electrons. The van der Waals surface area contributed by atoms with Crippen molar-refractivity contribution in [2.24, 2.45) is 0 Å². The summed E-state index contributed by atoms with van der Waals surface area (Å²) in [6.45, 7) is 1.37. The minimum absolute atomic E-state index is 0.308. The van der Waals surface area contributed by atoms with Crippen LogP contribution in [0.5, 0.6) is 0 Å². The Morgan fingerprint density at radius 1 is 1.39 bits per heavy atom. The smallest absolute Gasteiger partial charge is 0.225 e. The highest BCUT2D eigenvalue weighted by atomic mass is 35.5. The molecule has 0 radical (unpaired) electrons. The van der Waals surface area contributed by atoms with Gasteiger partial charge in [0.05, 0.1) is 12.0 Å². The average molecular weight is 284 g/mol. The van der Waals surface area contributed by atoms with Crippen LogP contribution in [0.15, 0.2) is 0 Å². The van der Waals surface area contributed by atoms with E-state index >= 15 is 0 Å². The van der Waals surface area contributed by atoms with Gasteiger partial charge in [-0.15, -0.1) is 11.3 Å². The van der Waals surface area contributed by atoms with E-state index < -0.39 is 0 Å². The van der Waals surface area contributed by atoms with Crippen molar-refractivity contribution in [3.05, 3.63) is 15.7 Å². The molecule has 0 fully saturated rings. The maximum atomic E-state index is 5.97. The van der Waals surface area contributed by atoms with E-state index in [0.717, 1.165) is 35.4 Å². The number of hydrogen-bond acceptors (Lipinski definition) is 5. The monoisotopic (exact) mass is 283 g/mol. The fourth-order valence-electron chi connectivity index (χ4n) is 2.37. The van der Waals surface area contributed by atoms with Crippen molar-refractivity contribution in [2.75, 3.05) is 25.6 Å². The lowest BCUT2D eigenvalue weighted by molar-refractivity contribution is 0.210. The molecule has 0 bridgehead atoms. The van der Waals surface area contributed by atoms with Crippen molar-refractivity contribution in [1.82, 2.24) is 9.97 Å². The first-order chi connectivity index (χ1) is 8.79. The molecule has 1 aliphatic rings. The number of fused-ring (bicyclic) bond motifs is 3. The Bertz CT molecular complexity index is 584. The Morgan fingerprint density at radius 3 is 3.11 bits per heavy atom. The summed E-state index contributed by atoms with van der Waals surface area (Å²) in [5.74, 6) is 0.849. The van der Waals surface area contributed by atoms with Crippen molar-refractivity contribution in [2.45, 2.75) is 19.3 Å². The fourth-order valence-corrected chi connectivity index (χ4v) is 3.85. The van der Waals surface area contributed by atoms with Crippen molar-refractivity contribution >= 4 is 39.0 Å². The minimum atomic E-state index is 0.308.